The molecular formula is C23H24F6N2O5. The van der Waals surface area contributed by atoms with E-state index in [4.69, 9.17) is 9.47 Å². The first-order valence-electron chi connectivity index (χ1n) is 11.6. The lowest BCUT2D eigenvalue weighted by Gasteiger charge is -2.70. The Kier molecular flexibility index (Phi) is 5.94. The third-order valence-corrected chi connectivity index (χ3v) is 7.25. The van der Waals surface area contributed by atoms with Crippen LogP contribution in [0.1, 0.15) is 49.7 Å². The molecule has 5 aliphatic rings. The number of hydrogen-bond acceptors (Lipinski definition) is 5. The second kappa shape index (κ2) is 8.51. The summed E-state index contributed by atoms with van der Waals surface area (Å²) < 4.78 is 89.9. The van der Waals surface area contributed by atoms with Crippen molar-refractivity contribution in [1.29, 1.82) is 0 Å². The molecule has 198 valence electrons. The topological polar surface area (TPSA) is 85.9 Å². The van der Waals surface area contributed by atoms with Crippen molar-refractivity contribution >= 4 is 11.8 Å². The van der Waals surface area contributed by atoms with Gasteiger partial charge in [0.1, 0.15) is 12.4 Å². The van der Waals surface area contributed by atoms with Gasteiger partial charge in [0.2, 0.25) is 5.91 Å². The minimum Gasteiger partial charge on any atom is -0.480 e. The van der Waals surface area contributed by atoms with Crippen LogP contribution >= 0.6 is 0 Å². The highest BCUT2D eigenvalue weighted by atomic mass is 19.4. The Morgan fingerprint density at radius 3 is 2.31 bits per heavy atom. The Morgan fingerprint density at radius 2 is 1.67 bits per heavy atom. The van der Waals surface area contributed by atoms with Gasteiger partial charge in [-0.3, -0.25) is 14.3 Å². The minimum atomic E-state index is -4.68. The molecule has 4 saturated carbocycles. The summed E-state index contributed by atoms with van der Waals surface area (Å²) in [6, 6.07) is 3.20. The van der Waals surface area contributed by atoms with Crippen molar-refractivity contribution in [3.63, 3.8) is 0 Å². The minimum absolute atomic E-state index is 0.0737. The molecule has 2 amide bonds. The number of alkyl halides is 6. The summed E-state index contributed by atoms with van der Waals surface area (Å²) in [5.41, 5.74) is -1.24. The number of amides is 2. The van der Waals surface area contributed by atoms with E-state index in [2.05, 4.69) is 15.4 Å². The molecule has 0 spiro atoms. The van der Waals surface area contributed by atoms with E-state index in [0.29, 0.717) is 24.8 Å². The summed E-state index contributed by atoms with van der Waals surface area (Å²) in [6.07, 6.45) is -9.07. The molecule has 1 atom stereocenters. The lowest BCUT2D eigenvalue weighted by atomic mass is 9.44. The zero-order valence-electron chi connectivity index (χ0n) is 18.9. The predicted octanol–water partition coefficient (Wildman–Crippen LogP) is 3.39. The van der Waals surface area contributed by atoms with Gasteiger partial charge in [-0.05, 0) is 55.9 Å². The molecule has 0 radical (unpaired) electrons. The summed E-state index contributed by atoms with van der Waals surface area (Å²) in [5, 5.41) is 5.82. The Labute approximate surface area is 201 Å². The van der Waals surface area contributed by atoms with E-state index in [1.54, 1.807) is 0 Å². The van der Waals surface area contributed by atoms with Gasteiger partial charge in [-0.1, -0.05) is 0 Å². The maximum Gasteiger partial charge on any atom is 0.522 e. The number of carbonyl (C=O) groups excluding carboxylic acids is 2. The maximum atomic E-state index is 12.9. The van der Waals surface area contributed by atoms with Crippen molar-refractivity contribution in [2.75, 3.05) is 6.61 Å². The van der Waals surface area contributed by atoms with Crippen LogP contribution in [0.15, 0.2) is 18.2 Å². The van der Waals surface area contributed by atoms with E-state index in [0.717, 1.165) is 12.1 Å². The van der Waals surface area contributed by atoms with Gasteiger partial charge in [0.15, 0.2) is 6.10 Å². The standard InChI is InChI=1S/C23H24F6N2O5/c24-22(25,26)13-2-4-16-12(5-13)1-3-17(35-16)19(33)31-21-9-20(10-21,11-21)30-18(32)8-34-14-6-15(7-14)36-23(27,28)29/h2,4-5,14-15,17H,1,3,6-11H2,(H,30,32)(H,31,33)/t14-,15+,17-,20?,21?/m0/s1. The van der Waals surface area contributed by atoms with E-state index in [1.807, 2.05) is 0 Å². The lowest BCUT2D eigenvalue weighted by molar-refractivity contribution is -0.357. The number of aryl methyl sites for hydroxylation is 1. The summed E-state index contributed by atoms with van der Waals surface area (Å²) in [6.45, 7) is -0.268. The van der Waals surface area contributed by atoms with Gasteiger partial charge < -0.3 is 20.1 Å². The van der Waals surface area contributed by atoms with Gasteiger partial charge in [0.05, 0.1) is 17.8 Å². The molecule has 2 bridgehead atoms. The fraction of sp³-hybridized carbons (Fsp3) is 0.652. The van der Waals surface area contributed by atoms with Crippen molar-refractivity contribution in [3.8, 4) is 5.75 Å². The number of rotatable bonds is 7. The SMILES string of the molecule is O=C(CO[C@H]1C[C@@H](OC(F)(F)F)C1)NC12CC(NC(=O)[C@@H]3CCc4cc(C(F)(F)F)ccc4O3)(C1)C2. The second-order valence-electron chi connectivity index (χ2n) is 10.2. The van der Waals surface area contributed by atoms with Crippen LogP contribution in [0.25, 0.3) is 0 Å². The highest BCUT2D eigenvalue weighted by Crippen LogP contribution is 2.60. The molecule has 0 unspecified atom stereocenters. The summed E-state index contributed by atoms with van der Waals surface area (Å²) in [7, 11) is 0. The van der Waals surface area contributed by atoms with Crippen LogP contribution in [0.4, 0.5) is 26.3 Å². The molecule has 0 saturated heterocycles. The molecule has 1 aromatic carbocycles. The fourth-order valence-electron chi connectivity index (χ4n) is 5.61. The van der Waals surface area contributed by atoms with Crippen LogP contribution in [0.5, 0.6) is 5.75 Å². The molecule has 2 N–H and O–H groups in total. The summed E-state index contributed by atoms with van der Waals surface area (Å²) >= 11 is 0. The van der Waals surface area contributed by atoms with Gasteiger partial charge in [0.25, 0.3) is 5.91 Å². The Balaban J connectivity index is 1.02. The lowest BCUT2D eigenvalue weighted by Crippen LogP contribution is -2.84. The highest BCUT2D eigenvalue weighted by Gasteiger charge is 2.69. The van der Waals surface area contributed by atoms with Crippen molar-refractivity contribution in [3.05, 3.63) is 29.3 Å². The van der Waals surface area contributed by atoms with Crippen molar-refractivity contribution in [1.82, 2.24) is 10.6 Å². The van der Waals surface area contributed by atoms with Crippen molar-refractivity contribution in [2.24, 2.45) is 0 Å². The average molecular weight is 522 g/mol. The molecule has 1 heterocycles. The number of fused-ring (bicyclic) bond motifs is 1. The number of benzene rings is 1. The zero-order chi connectivity index (χ0) is 25.9. The quantitative estimate of drug-likeness (QED) is 0.537. The first-order valence-corrected chi connectivity index (χ1v) is 11.6. The van der Waals surface area contributed by atoms with Crippen LogP contribution in [0.3, 0.4) is 0 Å². The molecule has 13 heteroatoms. The fourth-order valence-corrected chi connectivity index (χ4v) is 5.61. The molecule has 6 rings (SSSR count). The maximum absolute atomic E-state index is 12.9. The Hall–Kier alpha value is -2.54. The van der Waals surface area contributed by atoms with Crippen molar-refractivity contribution < 1.29 is 50.1 Å². The Bertz CT molecular complexity index is 1030. The van der Waals surface area contributed by atoms with E-state index in [1.165, 1.54) is 6.07 Å². The summed E-state index contributed by atoms with van der Waals surface area (Å²) in [5.74, 6) is -0.456. The van der Waals surface area contributed by atoms with E-state index in [9.17, 15) is 35.9 Å². The van der Waals surface area contributed by atoms with Crippen LogP contribution in [-0.4, -0.2) is 54.2 Å². The molecule has 1 aliphatic heterocycles. The van der Waals surface area contributed by atoms with E-state index >= 15 is 0 Å². The normalized spacial score (nSPS) is 32.7. The average Bonchev–Trinajstić information content (AvgIpc) is 2.70. The summed E-state index contributed by atoms with van der Waals surface area (Å²) in [4.78, 5) is 24.9. The van der Waals surface area contributed by atoms with Crippen LogP contribution in [0.2, 0.25) is 0 Å². The van der Waals surface area contributed by atoms with Gasteiger partial charge >= 0.3 is 12.5 Å². The molecule has 7 nitrogen and oxygen atoms in total. The monoisotopic (exact) mass is 522 g/mol. The number of ether oxygens (including phenoxy) is 3. The highest BCUT2D eigenvalue weighted by molar-refractivity contribution is 5.84. The molecule has 0 aromatic heterocycles. The molecule has 4 aliphatic carbocycles. The first-order chi connectivity index (χ1) is 16.7. The zero-order valence-corrected chi connectivity index (χ0v) is 18.9. The second-order valence-corrected chi connectivity index (χ2v) is 10.2. The third kappa shape index (κ3) is 5.13. The number of hydrogen-bond donors (Lipinski definition) is 2. The smallest absolute Gasteiger partial charge is 0.480 e. The van der Waals surface area contributed by atoms with Gasteiger partial charge in [-0.25, -0.2) is 0 Å². The molecule has 4 fully saturated rings. The first kappa shape index (κ1) is 25.1. The van der Waals surface area contributed by atoms with Crippen LogP contribution in [-0.2, 0) is 31.7 Å². The number of carbonyl (C=O) groups is 2. The molecular weight excluding hydrogens is 498 g/mol. The van der Waals surface area contributed by atoms with Gasteiger partial charge in [-0.15, -0.1) is 13.2 Å². The van der Waals surface area contributed by atoms with Crippen LogP contribution in [0, 0.1) is 0 Å². The molecule has 1 aromatic rings. The predicted molar refractivity (Wildman–Crippen MR) is 110 cm³/mol. The Morgan fingerprint density at radius 1 is 1.00 bits per heavy atom. The van der Waals surface area contributed by atoms with Gasteiger partial charge in [-0.2, -0.15) is 13.2 Å². The number of nitrogens with one attached hydrogen (secondary N) is 2. The largest absolute Gasteiger partial charge is 0.522 e. The molecule has 36 heavy (non-hydrogen) atoms. The van der Waals surface area contributed by atoms with Gasteiger partial charge in [0, 0.05) is 23.9 Å². The van der Waals surface area contributed by atoms with E-state index < -0.39 is 47.5 Å². The van der Waals surface area contributed by atoms with E-state index in [-0.39, 0.29) is 49.9 Å². The van der Waals surface area contributed by atoms with Crippen molar-refractivity contribution in [2.45, 2.75) is 86.9 Å². The third-order valence-electron chi connectivity index (χ3n) is 7.25. The van der Waals surface area contributed by atoms with Crippen LogP contribution < -0.4 is 15.4 Å². The number of halogens is 6.